The van der Waals surface area contributed by atoms with Crippen molar-refractivity contribution in [1.29, 1.82) is 0 Å². The summed E-state index contributed by atoms with van der Waals surface area (Å²) in [5.41, 5.74) is 7.36. The normalized spacial score (nSPS) is 10.8. The van der Waals surface area contributed by atoms with Gasteiger partial charge >= 0.3 is 0 Å². The minimum atomic E-state index is -0.646. The van der Waals surface area contributed by atoms with Crippen molar-refractivity contribution in [2.24, 2.45) is 5.73 Å². The number of furan rings is 1. The number of hydrogen-bond donors (Lipinski definition) is 1. The minimum Gasteiger partial charge on any atom is -0.472 e. The van der Waals surface area contributed by atoms with Gasteiger partial charge in [-0.15, -0.1) is 5.10 Å². The zero-order chi connectivity index (χ0) is 11.8. The van der Waals surface area contributed by atoms with Crippen LogP contribution >= 0.6 is 0 Å². The molecule has 0 saturated carbocycles. The van der Waals surface area contributed by atoms with E-state index in [4.69, 9.17) is 10.2 Å². The van der Waals surface area contributed by atoms with Crippen molar-refractivity contribution in [3.05, 3.63) is 42.6 Å². The zero-order valence-electron chi connectivity index (χ0n) is 8.70. The fourth-order valence-corrected chi connectivity index (χ4v) is 1.64. The van der Waals surface area contributed by atoms with E-state index in [1.807, 2.05) is 12.1 Å². The Morgan fingerprint density at radius 2 is 2.24 bits per heavy atom. The molecule has 6 nitrogen and oxygen atoms in total. The highest BCUT2D eigenvalue weighted by Gasteiger charge is 2.12. The molecule has 0 bridgehead atoms. The molecule has 0 aliphatic carbocycles. The van der Waals surface area contributed by atoms with E-state index in [9.17, 15) is 4.79 Å². The van der Waals surface area contributed by atoms with Crippen LogP contribution in [-0.2, 0) is 0 Å². The Bertz CT molecular complexity index is 685. The largest absolute Gasteiger partial charge is 0.472 e. The number of carbonyl (C=O) groups is 1. The van der Waals surface area contributed by atoms with Crippen LogP contribution in [-0.4, -0.2) is 20.5 Å². The second-order valence-corrected chi connectivity index (χ2v) is 3.49. The van der Waals surface area contributed by atoms with Gasteiger partial charge in [-0.25, -0.2) is 9.50 Å². The third-order valence-corrected chi connectivity index (χ3v) is 2.40. The molecule has 1 amide bonds. The summed E-state index contributed by atoms with van der Waals surface area (Å²) in [6, 6.07) is 7.25. The summed E-state index contributed by atoms with van der Waals surface area (Å²) in [5, 5.41) is 4.06. The molecule has 0 aliphatic rings. The van der Waals surface area contributed by atoms with Gasteiger partial charge in [0.15, 0.2) is 5.65 Å². The summed E-state index contributed by atoms with van der Waals surface area (Å²) in [6.45, 7) is 0. The van der Waals surface area contributed by atoms with Gasteiger partial charge in [-0.1, -0.05) is 6.07 Å². The van der Waals surface area contributed by atoms with Crippen LogP contribution in [0.2, 0.25) is 0 Å². The van der Waals surface area contributed by atoms with Crippen molar-refractivity contribution < 1.29 is 9.21 Å². The summed E-state index contributed by atoms with van der Waals surface area (Å²) in [5.74, 6) is -0.646. The molecule has 3 rings (SSSR count). The van der Waals surface area contributed by atoms with Gasteiger partial charge in [-0.3, -0.25) is 4.79 Å². The maximum atomic E-state index is 11.0. The molecule has 2 N–H and O–H groups in total. The monoisotopic (exact) mass is 228 g/mol. The minimum absolute atomic E-state index is 0.000875. The summed E-state index contributed by atoms with van der Waals surface area (Å²) >= 11 is 0. The second-order valence-electron chi connectivity index (χ2n) is 3.49. The van der Waals surface area contributed by atoms with Gasteiger partial charge in [0.1, 0.15) is 0 Å². The molecule has 0 saturated heterocycles. The van der Waals surface area contributed by atoms with E-state index in [2.05, 4.69) is 10.1 Å². The average Bonchev–Trinajstić information content (AvgIpc) is 2.97. The number of aromatic nitrogens is 3. The van der Waals surface area contributed by atoms with Gasteiger partial charge in [0.25, 0.3) is 5.91 Å². The number of fused-ring (bicyclic) bond motifs is 1. The number of pyridine rings is 1. The Kier molecular flexibility index (Phi) is 1.94. The number of rotatable bonds is 2. The topological polar surface area (TPSA) is 86.4 Å². The maximum absolute atomic E-state index is 11.0. The molecule has 0 aliphatic heterocycles. The summed E-state index contributed by atoms with van der Waals surface area (Å²) in [6.07, 6.45) is 3.17. The first-order valence-corrected chi connectivity index (χ1v) is 4.94. The van der Waals surface area contributed by atoms with Gasteiger partial charge in [0, 0.05) is 5.56 Å². The molecular weight excluding hydrogens is 220 g/mol. The highest BCUT2D eigenvalue weighted by molar-refractivity contribution is 5.89. The van der Waals surface area contributed by atoms with Crippen molar-refractivity contribution in [2.75, 3.05) is 0 Å². The van der Waals surface area contributed by atoms with Crippen LogP contribution in [0.1, 0.15) is 10.6 Å². The number of hydrogen-bond acceptors (Lipinski definition) is 4. The predicted octanol–water partition coefficient (Wildman–Crippen LogP) is 1.09. The van der Waals surface area contributed by atoms with Crippen LogP contribution in [0.15, 0.2) is 41.2 Å². The molecule has 0 radical (unpaired) electrons. The van der Waals surface area contributed by atoms with Crippen molar-refractivity contribution in [3.8, 4) is 11.3 Å². The standard InChI is InChI=1S/C11H8N4O2/c12-10(16)11-13-9-3-1-2-8(15(9)14-11)7-4-5-17-6-7/h1-6H,(H2,12,16). The van der Waals surface area contributed by atoms with E-state index < -0.39 is 5.91 Å². The Labute approximate surface area is 95.7 Å². The Morgan fingerprint density at radius 3 is 2.94 bits per heavy atom. The lowest BCUT2D eigenvalue weighted by Crippen LogP contribution is -2.13. The molecule has 3 heterocycles. The SMILES string of the molecule is NC(=O)c1nc2cccc(-c3ccoc3)n2n1. The average molecular weight is 228 g/mol. The third kappa shape index (κ3) is 1.46. The first-order chi connectivity index (χ1) is 8.25. The molecule has 84 valence electrons. The van der Waals surface area contributed by atoms with E-state index in [-0.39, 0.29) is 5.82 Å². The van der Waals surface area contributed by atoms with Crippen LogP contribution in [0.4, 0.5) is 0 Å². The molecular formula is C11H8N4O2. The lowest BCUT2D eigenvalue weighted by atomic mass is 10.2. The van der Waals surface area contributed by atoms with E-state index in [1.165, 1.54) is 0 Å². The first-order valence-electron chi connectivity index (χ1n) is 4.94. The Morgan fingerprint density at radius 1 is 1.35 bits per heavy atom. The van der Waals surface area contributed by atoms with Gasteiger partial charge in [0.2, 0.25) is 5.82 Å². The highest BCUT2D eigenvalue weighted by Crippen LogP contribution is 2.20. The predicted molar refractivity (Wildman–Crippen MR) is 59.2 cm³/mol. The molecule has 3 aromatic heterocycles. The lowest BCUT2D eigenvalue weighted by Gasteiger charge is -1.99. The number of primary amides is 1. The van der Waals surface area contributed by atoms with Crippen molar-refractivity contribution in [2.45, 2.75) is 0 Å². The molecule has 0 fully saturated rings. The number of nitrogens with two attached hydrogens (primary N) is 1. The van der Waals surface area contributed by atoms with Crippen molar-refractivity contribution in [1.82, 2.24) is 14.6 Å². The summed E-state index contributed by atoms with van der Waals surface area (Å²) < 4.78 is 6.58. The van der Waals surface area contributed by atoms with E-state index in [0.29, 0.717) is 5.65 Å². The highest BCUT2D eigenvalue weighted by atomic mass is 16.3. The maximum Gasteiger partial charge on any atom is 0.288 e. The molecule has 0 spiro atoms. The van der Waals surface area contributed by atoms with Gasteiger partial charge in [-0.05, 0) is 18.2 Å². The Hall–Kier alpha value is -2.63. The van der Waals surface area contributed by atoms with Crippen LogP contribution < -0.4 is 5.73 Å². The number of amides is 1. The number of carbonyl (C=O) groups excluding carboxylic acids is 1. The second kappa shape index (κ2) is 3.44. The van der Waals surface area contributed by atoms with E-state index in [0.717, 1.165) is 11.3 Å². The van der Waals surface area contributed by atoms with Crippen LogP contribution in [0.3, 0.4) is 0 Å². The third-order valence-electron chi connectivity index (χ3n) is 2.40. The summed E-state index contributed by atoms with van der Waals surface area (Å²) in [7, 11) is 0. The van der Waals surface area contributed by atoms with Gasteiger partial charge < -0.3 is 10.2 Å². The van der Waals surface area contributed by atoms with E-state index in [1.54, 1.807) is 29.2 Å². The smallest absolute Gasteiger partial charge is 0.288 e. The molecule has 3 aromatic rings. The summed E-state index contributed by atoms with van der Waals surface area (Å²) in [4.78, 5) is 15.1. The van der Waals surface area contributed by atoms with Crippen molar-refractivity contribution in [3.63, 3.8) is 0 Å². The lowest BCUT2D eigenvalue weighted by molar-refractivity contribution is 0.0990. The van der Waals surface area contributed by atoms with Crippen LogP contribution in [0, 0.1) is 0 Å². The fraction of sp³-hybridized carbons (Fsp3) is 0. The molecule has 6 heteroatoms. The van der Waals surface area contributed by atoms with Crippen LogP contribution in [0.5, 0.6) is 0 Å². The fourth-order valence-electron chi connectivity index (χ4n) is 1.64. The molecule has 0 aromatic carbocycles. The van der Waals surface area contributed by atoms with E-state index >= 15 is 0 Å². The molecule has 17 heavy (non-hydrogen) atoms. The van der Waals surface area contributed by atoms with Gasteiger partial charge in [0.05, 0.1) is 18.2 Å². The van der Waals surface area contributed by atoms with Gasteiger partial charge in [-0.2, -0.15) is 0 Å². The molecule has 0 atom stereocenters. The van der Waals surface area contributed by atoms with Crippen molar-refractivity contribution >= 4 is 11.6 Å². The quantitative estimate of drug-likeness (QED) is 0.711. The molecule has 0 unspecified atom stereocenters. The van der Waals surface area contributed by atoms with Crippen LogP contribution in [0.25, 0.3) is 16.9 Å². The zero-order valence-corrected chi connectivity index (χ0v) is 8.70. The number of nitrogens with zero attached hydrogens (tertiary/aromatic N) is 3. The first kappa shape index (κ1) is 9.59. The Balaban J connectivity index is 2.29.